The molecule has 1 heterocycles. The fraction of sp³-hybridized carbons (Fsp3) is 0.240. The van der Waals surface area contributed by atoms with E-state index in [1.165, 1.54) is 29.1 Å². The number of rotatable bonds is 7. The van der Waals surface area contributed by atoms with Crippen molar-refractivity contribution in [1.82, 2.24) is 0 Å². The molecule has 1 saturated heterocycles. The minimum absolute atomic E-state index is 0.197. The molecule has 0 spiro atoms. The van der Waals surface area contributed by atoms with E-state index >= 15 is 0 Å². The number of amides is 1. The van der Waals surface area contributed by atoms with Crippen LogP contribution in [0.2, 0.25) is 0 Å². The summed E-state index contributed by atoms with van der Waals surface area (Å²) in [7, 11) is -3.44. The second-order valence-electron chi connectivity index (χ2n) is 8.00. The molecule has 0 aromatic heterocycles. The van der Waals surface area contributed by atoms with Crippen LogP contribution in [-0.4, -0.2) is 33.7 Å². The largest absolute Gasteiger partial charge is 0.372 e. The van der Waals surface area contributed by atoms with Crippen molar-refractivity contribution < 1.29 is 13.2 Å². The number of carbonyl (C=O) groups excluding carboxylic acids is 1. The zero-order valence-electron chi connectivity index (χ0n) is 18.1. The summed E-state index contributed by atoms with van der Waals surface area (Å²) >= 11 is 0. The highest BCUT2D eigenvalue weighted by atomic mass is 32.2. The molecule has 0 saturated carbocycles. The summed E-state index contributed by atoms with van der Waals surface area (Å²) in [5.41, 5.74) is 3.84. The zero-order chi connectivity index (χ0) is 22.6. The Labute approximate surface area is 189 Å². The maximum atomic E-state index is 12.6. The molecule has 0 aliphatic carbocycles. The monoisotopic (exact) mass is 449 g/mol. The minimum Gasteiger partial charge on any atom is -0.372 e. The van der Waals surface area contributed by atoms with Crippen LogP contribution in [0.15, 0.2) is 78.9 Å². The molecule has 1 aliphatic heterocycles. The molecular weight excluding hydrogens is 422 g/mol. The van der Waals surface area contributed by atoms with Crippen molar-refractivity contribution in [2.24, 2.45) is 0 Å². The van der Waals surface area contributed by atoms with E-state index in [4.69, 9.17) is 0 Å². The number of benzene rings is 3. The smallest absolute Gasteiger partial charge is 0.255 e. The molecule has 3 aromatic carbocycles. The van der Waals surface area contributed by atoms with E-state index in [1.807, 2.05) is 30.3 Å². The van der Waals surface area contributed by atoms with Gasteiger partial charge in [0.05, 0.1) is 18.5 Å². The van der Waals surface area contributed by atoms with Crippen molar-refractivity contribution in [3.63, 3.8) is 0 Å². The number of sulfonamides is 1. The highest BCUT2D eigenvalue weighted by Crippen LogP contribution is 2.23. The lowest BCUT2D eigenvalue weighted by Crippen LogP contribution is -2.29. The molecule has 0 bridgehead atoms. The molecule has 4 rings (SSSR count). The third kappa shape index (κ3) is 5.29. The fourth-order valence-corrected chi connectivity index (χ4v) is 4.74. The van der Waals surface area contributed by atoms with Crippen LogP contribution in [0, 0.1) is 0 Å². The summed E-state index contributed by atoms with van der Waals surface area (Å²) < 4.78 is 25.9. The van der Waals surface area contributed by atoms with E-state index in [0.29, 0.717) is 11.3 Å². The molecule has 166 valence electrons. The van der Waals surface area contributed by atoms with Crippen LogP contribution in [-0.2, 0) is 16.6 Å². The minimum atomic E-state index is -3.44. The Bertz CT molecular complexity index is 1160. The summed E-state index contributed by atoms with van der Waals surface area (Å²) in [4.78, 5) is 15.0. The van der Waals surface area contributed by atoms with Gasteiger partial charge in [0.2, 0.25) is 10.0 Å². The summed E-state index contributed by atoms with van der Waals surface area (Å²) in [6.07, 6.45) is 3.64. The molecule has 1 aliphatic rings. The maximum Gasteiger partial charge on any atom is 0.255 e. The van der Waals surface area contributed by atoms with E-state index in [1.54, 1.807) is 48.5 Å². The number of hydrogen-bond acceptors (Lipinski definition) is 4. The topological polar surface area (TPSA) is 69.7 Å². The van der Waals surface area contributed by atoms with Gasteiger partial charge in [-0.05, 0) is 66.9 Å². The van der Waals surface area contributed by atoms with Crippen LogP contribution < -0.4 is 14.5 Å². The van der Waals surface area contributed by atoms with E-state index in [9.17, 15) is 13.2 Å². The van der Waals surface area contributed by atoms with E-state index in [0.717, 1.165) is 24.3 Å². The van der Waals surface area contributed by atoms with Gasteiger partial charge in [-0.2, -0.15) is 0 Å². The van der Waals surface area contributed by atoms with Gasteiger partial charge in [-0.15, -0.1) is 0 Å². The average Bonchev–Trinajstić information content (AvgIpc) is 3.33. The highest BCUT2D eigenvalue weighted by molar-refractivity contribution is 7.92. The zero-order valence-corrected chi connectivity index (χ0v) is 18.9. The quantitative estimate of drug-likeness (QED) is 0.576. The second-order valence-corrected chi connectivity index (χ2v) is 9.90. The standard InChI is InChI=1S/C25H27N3O3S/c1-32(30,31)28(24-7-3-2-4-8-24)19-20-9-11-21(12-10-20)25(29)26-22-13-15-23(16-14-22)27-17-5-6-18-27/h2-4,7-16H,5-6,17-19H2,1H3,(H,26,29). The lowest BCUT2D eigenvalue weighted by molar-refractivity contribution is 0.102. The van der Waals surface area contributed by atoms with Crippen molar-refractivity contribution in [3.05, 3.63) is 90.0 Å². The Morgan fingerprint density at radius 3 is 2.12 bits per heavy atom. The Hall–Kier alpha value is -3.32. The highest BCUT2D eigenvalue weighted by Gasteiger charge is 2.18. The first-order valence-electron chi connectivity index (χ1n) is 10.7. The van der Waals surface area contributed by atoms with Gasteiger partial charge >= 0.3 is 0 Å². The molecule has 1 amide bonds. The van der Waals surface area contributed by atoms with Gasteiger partial charge in [-0.1, -0.05) is 30.3 Å². The first-order chi connectivity index (χ1) is 15.4. The van der Waals surface area contributed by atoms with Gasteiger partial charge in [0.1, 0.15) is 0 Å². The third-order valence-corrected chi connectivity index (χ3v) is 6.72. The van der Waals surface area contributed by atoms with Crippen molar-refractivity contribution in [3.8, 4) is 0 Å². The van der Waals surface area contributed by atoms with Gasteiger partial charge in [0, 0.05) is 30.0 Å². The summed E-state index contributed by atoms with van der Waals surface area (Å²) in [5, 5.41) is 2.92. The number of nitrogens with one attached hydrogen (secondary N) is 1. The van der Waals surface area contributed by atoms with Crippen LogP contribution in [0.3, 0.4) is 0 Å². The molecule has 3 aromatic rings. The van der Waals surface area contributed by atoms with E-state index in [-0.39, 0.29) is 12.5 Å². The molecule has 0 unspecified atom stereocenters. The Morgan fingerprint density at radius 2 is 1.53 bits per heavy atom. The van der Waals surface area contributed by atoms with Crippen LogP contribution >= 0.6 is 0 Å². The van der Waals surface area contributed by atoms with Crippen LogP contribution in [0.4, 0.5) is 17.1 Å². The van der Waals surface area contributed by atoms with Gasteiger partial charge in [0.15, 0.2) is 0 Å². The van der Waals surface area contributed by atoms with Crippen LogP contribution in [0.5, 0.6) is 0 Å². The first kappa shape index (κ1) is 21.9. The molecule has 0 radical (unpaired) electrons. The summed E-state index contributed by atoms with van der Waals surface area (Å²) in [5.74, 6) is -0.200. The van der Waals surface area contributed by atoms with Gasteiger partial charge in [-0.25, -0.2) is 8.42 Å². The second kappa shape index (κ2) is 9.44. The maximum absolute atomic E-state index is 12.6. The molecule has 32 heavy (non-hydrogen) atoms. The van der Waals surface area contributed by atoms with E-state index in [2.05, 4.69) is 10.2 Å². The lowest BCUT2D eigenvalue weighted by Gasteiger charge is -2.22. The van der Waals surface area contributed by atoms with Gasteiger partial charge in [-0.3, -0.25) is 9.10 Å². The lowest BCUT2D eigenvalue weighted by atomic mass is 10.1. The molecular formula is C25H27N3O3S. The summed E-state index contributed by atoms with van der Waals surface area (Å²) in [6.45, 7) is 2.36. The predicted molar refractivity (Wildman–Crippen MR) is 130 cm³/mol. The van der Waals surface area contributed by atoms with Gasteiger partial charge in [0.25, 0.3) is 5.91 Å². The number of carbonyl (C=O) groups is 1. The van der Waals surface area contributed by atoms with Crippen molar-refractivity contribution in [2.75, 3.05) is 33.9 Å². The number of hydrogen-bond donors (Lipinski definition) is 1. The van der Waals surface area contributed by atoms with Crippen LogP contribution in [0.25, 0.3) is 0 Å². The molecule has 7 heteroatoms. The Balaban J connectivity index is 1.42. The SMILES string of the molecule is CS(=O)(=O)N(Cc1ccc(C(=O)Nc2ccc(N3CCCC3)cc2)cc1)c1ccccc1. The van der Waals surface area contributed by atoms with Crippen molar-refractivity contribution in [2.45, 2.75) is 19.4 Å². The number of anilines is 3. The Morgan fingerprint density at radius 1 is 0.906 bits per heavy atom. The fourth-order valence-electron chi connectivity index (χ4n) is 3.86. The van der Waals surface area contributed by atoms with E-state index < -0.39 is 10.0 Å². The number of para-hydroxylation sites is 1. The first-order valence-corrected chi connectivity index (χ1v) is 12.5. The average molecular weight is 450 g/mol. The molecule has 0 atom stereocenters. The predicted octanol–water partition coefficient (Wildman–Crippen LogP) is 4.51. The molecule has 1 N–H and O–H groups in total. The molecule has 6 nitrogen and oxygen atoms in total. The van der Waals surface area contributed by atoms with Gasteiger partial charge < -0.3 is 10.2 Å². The molecule has 1 fully saturated rings. The third-order valence-electron chi connectivity index (χ3n) is 5.58. The normalized spacial score (nSPS) is 13.7. The van der Waals surface area contributed by atoms with Crippen LogP contribution in [0.1, 0.15) is 28.8 Å². The summed E-state index contributed by atoms with van der Waals surface area (Å²) in [6, 6.07) is 23.9. The van der Waals surface area contributed by atoms with Crippen molar-refractivity contribution in [1.29, 1.82) is 0 Å². The Kier molecular flexibility index (Phi) is 6.46. The number of nitrogens with zero attached hydrogens (tertiary/aromatic N) is 2. The van der Waals surface area contributed by atoms with Crippen molar-refractivity contribution >= 4 is 33.0 Å².